The molecule has 0 aromatic heterocycles. The second-order valence-corrected chi connectivity index (χ2v) is 7.60. The van der Waals surface area contributed by atoms with E-state index in [2.05, 4.69) is 0 Å². The van der Waals surface area contributed by atoms with Gasteiger partial charge in [0.25, 0.3) is 0 Å². The van der Waals surface area contributed by atoms with Gasteiger partial charge < -0.3 is 35.3 Å². The highest BCUT2D eigenvalue weighted by Gasteiger charge is 2.22. The van der Waals surface area contributed by atoms with E-state index in [1.807, 2.05) is 18.2 Å². The molecule has 0 atom stereocenters. The largest absolute Gasteiger partial charge is 0.508 e. The molecule has 7 heteroatoms. The quantitative estimate of drug-likeness (QED) is 0.277. The molecular weight excluding hydrogens is 434 g/mol. The molecule has 0 fully saturated rings. The van der Waals surface area contributed by atoms with E-state index in [1.165, 1.54) is 20.3 Å². The molecule has 0 aliphatic rings. The molecule has 0 spiro atoms. The first kappa shape index (κ1) is 22.7. The molecule has 0 radical (unpaired) electrons. The molecule has 174 valence electrons. The molecule has 4 rings (SSSR count). The number of para-hydroxylation sites is 1. The van der Waals surface area contributed by atoms with Crippen LogP contribution in [0.5, 0.6) is 34.5 Å². The van der Waals surface area contributed by atoms with E-state index in [0.29, 0.717) is 28.1 Å². The molecular formula is C27H25NO6. The number of hydrogen-bond acceptors (Lipinski definition) is 7. The first-order valence-electron chi connectivity index (χ1n) is 10.5. The Morgan fingerprint density at radius 2 is 1.47 bits per heavy atom. The first-order chi connectivity index (χ1) is 16.4. The van der Waals surface area contributed by atoms with Crippen LogP contribution in [-0.4, -0.2) is 29.5 Å². The van der Waals surface area contributed by atoms with Crippen LogP contribution in [0.2, 0.25) is 0 Å². The molecule has 0 saturated carbocycles. The van der Waals surface area contributed by atoms with Gasteiger partial charge >= 0.3 is 0 Å². The Labute approximate surface area is 197 Å². The van der Waals surface area contributed by atoms with Crippen molar-refractivity contribution in [2.75, 3.05) is 20.0 Å². The number of ether oxygens (including phenoxy) is 3. The molecule has 0 saturated heterocycles. The highest BCUT2D eigenvalue weighted by atomic mass is 16.5. The van der Waals surface area contributed by atoms with Crippen molar-refractivity contribution in [2.45, 2.75) is 6.61 Å². The van der Waals surface area contributed by atoms with E-state index >= 15 is 0 Å². The molecule has 0 heterocycles. The Hall–Kier alpha value is -4.52. The fourth-order valence-corrected chi connectivity index (χ4v) is 3.74. The van der Waals surface area contributed by atoms with Gasteiger partial charge in [-0.1, -0.05) is 36.4 Å². The number of aromatic hydroxyl groups is 3. The number of phenols is 3. The lowest BCUT2D eigenvalue weighted by Gasteiger charge is -2.18. The lowest BCUT2D eigenvalue weighted by molar-refractivity contribution is 0.289. The molecule has 4 aromatic carbocycles. The Bertz CT molecular complexity index is 1320. The summed E-state index contributed by atoms with van der Waals surface area (Å²) in [6.45, 7) is 0.198. The van der Waals surface area contributed by atoms with Gasteiger partial charge in [0.05, 0.1) is 19.8 Å². The standard InChI is InChI=1S/C27H25NO6/c1-32-24-14-20(16-7-10-19(29)11-8-16)27(33-2)26(31)25(24)17-9-12-23(22(30)13-17)34-15-18-5-3-4-6-21(18)28/h3-14,29-31H,15,28H2,1-2H3. The molecule has 0 amide bonds. The molecule has 0 unspecified atom stereocenters. The molecule has 34 heavy (non-hydrogen) atoms. The third-order valence-electron chi connectivity index (χ3n) is 5.51. The van der Waals surface area contributed by atoms with Crippen molar-refractivity contribution < 1.29 is 29.5 Å². The van der Waals surface area contributed by atoms with Crippen molar-refractivity contribution in [2.24, 2.45) is 0 Å². The predicted molar refractivity (Wildman–Crippen MR) is 131 cm³/mol. The zero-order valence-corrected chi connectivity index (χ0v) is 18.8. The fourth-order valence-electron chi connectivity index (χ4n) is 3.74. The Morgan fingerprint density at radius 1 is 0.765 bits per heavy atom. The SMILES string of the molecule is COc1cc(-c2ccc(O)cc2)c(OC)c(O)c1-c1ccc(OCc2ccccc2N)c(O)c1. The highest BCUT2D eigenvalue weighted by molar-refractivity contribution is 5.88. The highest BCUT2D eigenvalue weighted by Crippen LogP contribution is 2.50. The molecule has 0 aliphatic heterocycles. The number of methoxy groups -OCH3 is 2. The van der Waals surface area contributed by atoms with Crippen LogP contribution in [0.4, 0.5) is 5.69 Å². The number of rotatable bonds is 7. The maximum absolute atomic E-state index is 11.1. The van der Waals surface area contributed by atoms with Crippen LogP contribution >= 0.6 is 0 Å². The molecule has 4 aromatic rings. The van der Waals surface area contributed by atoms with Gasteiger partial charge in [-0.15, -0.1) is 0 Å². The van der Waals surface area contributed by atoms with Gasteiger partial charge in [-0.25, -0.2) is 0 Å². The van der Waals surface area contributed by atoms with E-state index in [4.69, 9.17) is 19.9 Å². The van der Waals surface area contributed by atoms with Gasteiger partial charge in [0.2, 0.25) is 0 Å². The summed E-state index contributed by atoms with van der Waals surface area (Å²) in [6, 6.07) is 20.4. The van der Waals surface area contributed by atoms with Crippen LogP contribution in [0.1, 0.15) is 5.56 Å². The topological polar surface area (TPSA) is 114 Å². The number of nitrogen functional groups attached to an aromatic ring is 1. The van der Waals surface area contributed by atoms with Crippen LogP contribution in [-0.2, 0) is 6.61 Å². The van der Waals surface area contributed by atoms with Crippen molar-refractivity contribution in [1.29, 1.82) is 0 Å². The number of benzene rings is 4. The fraction of sp³-hybridized carbons (Fsp3) is 0.111. The number of hydrogen-bond donors (Lipinski definition) is 4. The normalized spacial score (nSPS) is 10.6. The van der Waals surface area contributed by atoms with Crippen LogP contribution in [0.3, 0.4) is 0 Å². The number of phenolic OH excluding ortho intramolecular Hbond substituents is 3. The average molecular weight is 459 g/mol. The first-order valence-corrected chi connectivity index (χ1v) is 10.5. The van der Waals surface area contributed by atoms with Crippen molar-refractivity contribution in [3.8, 4) is 56.8 Å². The molecule has 0 bridgehead atoms. The minimum Gasteiger partial charge on any atom is -0.508 e. The number of nitrogens with two attached hydrogens (primary N) is 1. The molecule has 7 nitrogen and oxygen atoms in total. The van der Waals surface area contributed by atoms with E-state index in [1.54, 1.807) is 48.5 Å². The summed E-state index contributed by atoms with van der Waals surface area (Å²) in [4.78, 5) is 0. The van der Waals surface area contributed by atoms with Crippen LogP contribution < -0.4 is 19.9 Å². The second-order valence-electron chi connectivity index (χ2n) is 7.60. The third kappa shape index (κ3) is 4.36. The Morgan fingerprint density at radius 3 is 2.12 bits per heavy atom. The lowest BCUT2D eigenvalue weighted by Crippen LogP contribution is -2.00. The monoisotopic (exact) mass is 459 g/mol. The van der Waals surface area contributed by atoms with Gasteiger partial charge in [0.15, 0.2) is 23.0 Å². The van der Waals surface area contributed by atoms with Crippen molar-refractivity contribution in [3.63, 3.8) is 0 Å². The zero-order chi connectivity index (χ0) is 24.2. The van der Waals surface area contributed by atoms with Crippen molar-refractivity contribution in [3.05, 3.63) is 78.4 Å². The molecule has 0 aliphatic carbocycles. The summed E-state index contributed by atoms with van der Waals surface area (Å²) in [5.74, 6) is 0.777. The average Bonchev–Trinajstić information content (AvgIpc) is 2.84. The third-order valence-corrected chi connectivity index (χ3v) is 5.51. The zero-order valence-electron chi connectivity index (χ0n) is 18.8. The van der Waals surface area contributed by atoms with Crippen molar-refractivity contribution in [1.82, 2.24) is 0 Å². The van der Waals surface area contributed by atoms with E-state index in [0.717, 1.165) is 11.1 Å². The predicted octanol–water partition coefficient (Wildman–Crippen LogP) is 5.32. The minimum absolute atomic E-state index is 0.102. The van der Waals surface area contributed by atoms with Crippen molar-refractivity contribution >= 4 is 5.69 Å². The van der Waals surface area contributed by atoms with Gasteiger partial charge in [0.1, 0.15) is 18.1 Å². The summed E-state index contributed by atoms with van der Waals surface area (Å²) in [7, 11) is 2.95. The number of anilines is 1. The summed E-state index contributed by atoms with van der Waals surface area (Å²) in [5.41, 5.74) is 9.54. The second kappa shape index (κ2) is 9.54. The van der Waals surface area contributed by atoms with Gasteiger partial charge in [-0.05, 0) is 47.5 Å². The summed E-state index contributed by atoms with van der Waals surface area (Å²) in [6.07, 6.45) is 0. The van der Waals surface area contributed by atoms with Gasteiger partial charge in [-0.2, -0.15) is 0 Å². The summed E-state index contributed by atoms with van der Waals surface area (Å²) < 4.78 is 16.8. The van der Waals surface area contributed by atoms with Crippen LogP contribution in [0.25, 0.3) is 22.3 Å². The van der Waals surface area contributed by atoms with E-state index < -0.39 is 0 Å². The minimum atomic E-state index is -0.143. The lowest BCUT2D eigenvalue weighted by atomic mass is 9.96. The van der Waals surface area contributed by atoms with E-state index in [9.17, 15) is 15.3 Å². The summed E-state index contributed by atoms with van der Waals surface area (Å²) >= 11 is 0. The maximum atomic E-state index is 11.1. The van der Waals surface area contributed by atoms with Gasteiger partial charge in [0, 0.05) is 16.8 Å². The molecule has 5 N–H and O–H groups in total. The Balaban J connectivity index is 1.71. The van der Waals surface area contributed by atoms with Crippen LogP contribution in [0, 0.1) is 0 Å². The van der Waals surface area contributed by atoms with Gasteiger partial charge in [-0.3, -0.25) is 0 Å². The summed E-state index contributed by atoms with van der Waals surface area (Å²) in [5, 5.41) is 31.3. The Kier molecular flexibility index (Phi) is 6.36. The smallest absolute Gasteiger partial charge is 0.170 e. The maximum Gasteiger partial charge on any atom is 0.170 e. The van der Waals surface area contributed by atoms with E-state index in [-0.39, 0.29) is 35.4 Å². The van der Waals surface area contributed by atoms with Crippen LogP contribution in [0.15, 0.2) is 72.8 Å².